The van der Waals surface area contributed by atoms with Crippen LogP contribution in [-0.4, -0.2) is 19.1 Å². The molecule has 1 aromatic carbocycles. The minimum absolute atomic E-state index is 0.0448. The van der Waals surface area contributed by atoms with Gasteiger partial charge in [0.1, 0.15) is 12.4 Å². The minimum Gasteiger partial charge on any atom is -0.492 e. The molecular formula is C13H13NO2S. The Morgan fingerprint density at radius 2 is 2.00 bits per heavy atom. The summed E-state index contributed by atoms with van der Waals surface area (Å²) in [6.07, 6.45) is 0. The molecule has 0 aliphatic rings. The Bertz CT molecular complexity index is 454. The van der Waals surface area contributed by atoms with Crippen LogP contribution in [0.25, 0.3) is 0 Å². The van der Waals surface area contributed by atoms with Crippen molar-refractivity contribution in [1.29, 1.82) is 0 Å². The van der Waals surface area contributed by atoms with Gasteiger partial charge in [0.15, 0.2) is 0 Å². The van der Waals surface area contributed by atoms with E-state index in [1.54, 1.807) is 6.07 Å². The molecule has 0 fully saturated rings. The number of carbonyl (C=O) groups excluding carboxylic acids is 1. The van der Waals surface area contributed by atoms with Crippen molar-refractivity contribution in [2.45, 2.75) is 0 Å². The van der Waals surface area contributed by atoms with E-state index in [4.69, 9.17) is 4.74 Å². The molecule has 17 heavy (non-hydrogen) atoms. The van der Waals surface area contributed by atoms with Crippen LogP contribution in [0.3, 0.4) is 0 Å². The lowest BCUT2D eigenvalue weighted by molar-refractivity contribution is 0.0951. The van der Waals surface area contributed by atoms with Gasteiger partial charge in [-0.15, -0.1) is 11.3 Å². The number of hydrogen-bond acceptors (Lipinski definition) is 3. The summed E-state index contributed by atoms with van der Waals surface area (Å²) in [4.78, 5) is 12.3. The fourth-order valence-electron chi connectivity index (χ4n) is 1.35. The van der Waals surface area contributed by atoms with Crippen molar-refractivity contribution in [3.05, 3.63) is 52.7 Å². The molecule has 0 atom stereocenters. The Hall–Kier alpha value is -1.81. The number of carbonyl (C=O) groups is 1. The number of rotatable bonds is 5. The van der Waals surface area contributed by atoms with Crippen LogP contribution >= 0.6 is 11.3 Å². The van der Waals surface area contributed by atoms with Crippen molar-refractivity contribution in [2.75, 3.05) is 13.2 Å². The summed E-state index contributed by atoms with van der Waals surface area (Å²) in [5.74, 6) is 0.773. The summed E-state index contributed by atoms with van der Waals surface area (Å²) < 4.78 is 5.46. The van der Waals surface area contributed by atoms with E-state index in [2.05, 4.69) is 5.32 Å². The van der Waals surface area contributed by atoms with Gasteiger partial charge in [-0.25, -0.2) is 0 Å². The second-order valence-electron chi connectivity index (χ2n) is 3.39. The van der Waals surface area contributed by atoms with Crippen molar-refractivity contribution in [3.8, 4) is 5.75 Å². The van der Waals surface area contributed by atoms with Gasteiger partial charge in [-0.05, 0) is 23.6 Å². The molecule has 0 spiro atoms. The molecule has 1 heterocycles. The fraction of sp³-hybridized carbons (Fsp3) is 0.154. The van der Waals surface area contributed by atoms with E-state index in [1.165, 1.54) is 11.3 Å². The SMILES string of the molecule is O=C(NCCOc1ccccc1)c1cccs1. The van der Waals surface area contributed by atoms with Gasteiger partial charge in [0.25, 0.3) is 5.91 Å². The van der Waals surface area contributed by atoms with E-state index >= 15 is 0 Å². The summed E-state index contributed by atoms with van der Waals surface area (Å²) in [6.45, 7) is 0.979. The molecule has 0 saturated carbocycles. The number of hydrogen-bond donors (Lipinski definition) is 1. The monoisotopic (exact) mass is 247 g/mol. The van der Waals surface area contributed by atoms with Crippen LogP contribution in [0.4, 0.5) is 0 Å². The largest absolute Gasteiger partial charge is 0.492 e. The lowest BCUT2D eigenvalue weighted by atomic mass is 10.3. The van der Waals surface area contributed by atoms with Crippen molar-refractivity contribution in [3.63, 3.8) is 0 Å². The second kappa shape index (κ2) is 6.06. The lowest BCUT2D eigenvalue weighted by Gasteiger charge is -2.06. The average molecular weight is 247 g/mol. The summed E-state index contributed by atoms with van der Waals surface area (Å²) in [7, 11) is 0. The Kier molecular flexibility index (Phi) is 4.16. The molecule has 0 unspecified atom stereocenters. The van der Waals surface area contributed by atoms with Crippen LogP contribution in [0.2, 0.25) is 0 Å². The summed E-state index contributed by atoms with van der Waals surface area (Å²) in [5.41, 5.74) is 0. The average Bonchev–Trinajstić information content (AvgIpc) is 2.89. The quantitative estimate of drug-likeness (QED) is 0.825. The normalized spacial score (nSPS) is 9.88. The smallest absolute Gasteiger partial charge is 0.261 e. The third-order valence-electron chi connectivity index (χ3n) is 2.14. The highest BCUT2D eigenvalue weighted by atomic mass is 32.1. The van der Waals surface area contributed by atoms with Crippen LogP contribution < -0.4 is 10.1 Å². The van der Waals surface area contributed by atoms with Gasteiger partial charge in [-0.3, -0.25) is 4.79 Å². The van der Waals surface area contributed by atoms with Crippen LogP contribution in [0.5, 0.6) is 5.75 Å². The third-order valence-corrected chi connectivity index (χ3v) is 3.01. The highest BCUT2D eigenvalue weighted by Crippen LogP contribution is 2.08. The zero-order valence-electron chi connectivity index (χ0n) is 9.26. The molecule has 0 radical (unpaired) electrons. The van der Waals surface area contributed by atoms with E-state index in [1.807, 2.05) is 41.8 Å². The fourth-order valence-corrected chi connectivity index (χ4v) is 1.99. The molecule has 4 heteroatoms. The number of benzene rings is 1. The predicted octanol–water partition coefficient (Wildman–Crippen LogP) is 2.56. The highest BCUT2D eigenvalue weighted by molar-refractivity contribution is 7.12. The first-order valence-corrected chi connectivity index (χ1v) is 6.24. The van der Waals surface area contributed by atoms with Crippen LogP contribution in [0, 0.1) is 0 Å². The molecule has 2 rings (SSSR count). The van der Waals surface area contributed by atoms with Crippen LogP contribution in [0.15, 0.2) is 47.8 Å². The van der Waals surface area contributed by atoms with Gasteiger partial charge in [0.2, 0.25) is 0 Å². The van der Waals surface area contributed by atoms with Gasteiger partial charge in [0.05, 0.1) is 11.4 Å². The summed E-state index contributed by atoms with van der Waals surface area (Å²) in [5, 5.41) is 4.69. The van der Waals surface area contributed by atoms with E-state index in [-0.39, 0.29) is 5.91 Å². The van der Waals surface area contributed by atoms with E-state index in [0.717, 1.165) is 10.6 Å². The first-order valence-electron chi connectivity index (χ1n) is 5.36. The number of nitrogens with one attached hydrogen (secondary N) is 1. The van der Waals surface area contributed by atoms with Crippen molar-refractivity contribution >= 4 is 17.2 Å². The van der Waals surface area contributed by atoms with Crippen molar-refractivity contribution in [2.24, 2.45) is 0 Å². The van der Waals surface area contributed by atoms with E-state index in [0.29, 0.717) is 13.2 Å². The molecule has 3 nitrogen and oxygen atoms in total. The summed E-state index contributed by atoms with van der Waals surface area (Å²) in [6, 6.07) is 13.2. The standard InChI is InChI=1S/C13H13NO2S/c15-13(12-7-4-10-17-12)14-8-9-16-11-5-2-1-3-6-11/h1-7,10H,8-9H2,(H,14,15). The van der Waals surface area contributed by atoms with Crippen molar-refractivity contribution < 1.29 is 9.53 Å². The number of ether oxygens (including phenoxy) is 1. The van der Waals surface area contributed by atoms with E-state index < -0.39 is 0 Å². The molecule has 0 saturated heterocycles. The Balaban J connectivity index is 1.69. The van der Waals surface area contributed by atoms with Gasteiger partial charge in [-0.1, -0.05) is 24.3 Å². The predicted molar refractivity (Wildman–Crippen MR) is 68.6 cm³/mol. The second-order valence-corrected chi connectivity index (χ2v) is 4.34. The van der Waals surface area contributed by atoms with E-state index in [9.17, 15) is 4.79 Å². The van der Waals surface area contributed by atoms with Crippen molar-refractivity contribution in [1.82, 2.24) is 5.32 Å². The molecule has 0 bridgehead atoms. The Labute approximate surface area is 104 Å². The molecule has 1 amide bonds. The molecule has 0 aliphatic heterocycles. The first-order chi connectivity index (χ1) is 8.36. The molecular weight excluding hydrogens is 234 g/mol. The molecule has 0 aliphatic carbocycles. The zero-order valence-corrected chi connectivity index (χ0v) is 10.1. The molecule has 1 N–H and O–H groups in total. The molecule has 2 aromatic rings. The summed E-state index contributed by atoms with van der Waals surface area (Å²) >= 11 is 1.43. The van der Waals surface area contributed by atoms with Crippen LogP contribution in [-0.2, 0) is 0 Å². The van der Waals surface area contributed by atoms with Gasteiger partial charge in [0, 0.05) is 0 Å². The molecule has 88 valence electrons. The number of para-hydroxylation sites is 1. The maximum Gasteiger partial charge on any atom is 0.261 e. The minimum atomic E-state index is -0.0448. The molecule has 1 aromatic heterocycles. The maximum absolute atomic E-state index is 11.6. The zero-order chi connectivity index (χ0) is 11.9. The third kappa shape index (κ3) is 3.60. The van der Waals surface area contributed by atoms with Gasteiger partial charge in [-0.2, -0.15) is 0 Å². The Morgan fingerprint density at radius 3 is 2.71 bits per heavy atom. The Morgan fingerprint density at radius 1 is 1.18 bits per heavy atom. The van der Waals surface area contributed by atoms with Crippen LogP contribution in [0.1, 0.15) is 9.67 Å². The number of thiophene rings is 1. The highest BCUT2D eigenvalue weighted by Gasteiger charge is 2.04. The first kappa shape index (κ1) is 11.7. The van der Waals surface area contributed by atoms with Gasteiger partial charge >= 0.3 is 0 Å². The topological polar surface area (TPSA) is 38.3 Å². The maximum atomic E-state index is 11.6. The lowest BCUT2D eigenvalue weighted by Crippen LogP contribution is -2.27. The van der Waals surface area contributed by atoms with Gasteiger partial charge < -0.3 is 10.1 Å². The number of amides is 1.